The van der Waals surface area contributed by atoms with E-state index in [4.69, 9.17) is 4.52 Å². The lowest BCUT2D eigenvalue weighted by Gasteiger charge is -2.16. The molecule has 0 amide bonds. The molecule has 0 atom stereocenters. The number of nitrogens with zero attached hydrogens (tertiary/aromatic N) is 4. The summed E-state index contributed by atoms with van der Waals surface area (Å²) in [4.78, 5) is 4.56. The Morgan fingerprint density at radius 1 is 1.03 bits per heavy atom. The SMILES string of the molecule is Cc1c(C)c(C)c2c(Cc3cccc(C(C)(C)C#N)c3)noc2c1C#Cc1ccc2[nH]ncc2n1. The largest absolute Gasteiger partial charge is 0.355 e. The summed E-state index contributed by atoms with van der Waals surface area (Å²) in [6, 6.07) is 14.3. The van der Waals surface area contributed by atoms with Crippen LogP contribution in [0.25, 0.3) is 22.0 Å². The van der Waals surface area contributed by atoms with Gasteiger partial charge in [-0.2, -0.15) is 10.4 Å². The number of pyridine rings is 1. The maximum absolute atomic E-state index is 9.53. The molecule has 35 heavy (non-hydrogen) atoms. The molecular formula is C29H25N5O. The minimum atomic E-state index is -0.554. The van der Waals surface area contributed by atoms with Gasteiger partial charge in [-0.1, -0.05) is 35.3 Å². The van der Waals surface area contributed by atoms with Gasteiger partial charge in [0, 0.05) is 11.8 Å². The van der Waals surface area contributed by atoms with Gasteiger partial charge in [0.2, 0.25) is 0 Å². The van der Waals surface area contributed by atoms with Crippen LogP contribution in [-0.4, -0.2) is 20.3 Å². The number of benzene rings is 2. The highest BCUT2D eigenvalue weighted by Crippen LogP contribution is 2.33. The number of aryl methyl sites for hydroxylation is 1. The summed E-state index contributed by atoms with van der Waals surface area (Å²) >= 11 is 0. The lowest BCUT2D eigenvalue weighted by Crippen LogP contribution is -2.14. The van der Waals surface area contributed by atoms with Crippen LogP contribution in [0.3, 0.4) is 0 Å². The van der Waals surface area contributed by atoms with Gasteiger partial charge < -0.3 is 4.52 Å². The van der Waals surface area contributed by atoms with Crippen LogP contribution in [0.2, 0.25) is 0 Å². The molecule has 0 saturated heterocycles. The van der Waals surface area contributed by atoms with Crippen LogP contribution in [0.15, 0.2) is 47.1 Å². The molecule has 0 spiro atoms. The molecule has 172 valence electrons. The Hall–Kier alpha value is -4.42. The smallest absolute Gasteiger partial charge is 0.183 e. The molecule has 6 heteroatoms. The fourth-order valence-corrected chi connectivity index (χ4v) is 4.33. The Labute approximate surface area is 204 Å². The number of rotatable bonds is 3. The zero-order chi connectivity index (χ0) is 24.7. The standard InChI is InChI=1S/C29H25N5O/c1-17-18(2)23(11-9-22-10-12-24-26(32-22)15-31-33-24)28-27(19(17)3)25(34-35-28)14-20-7-6-8-21(13-20)29(4,5)16-30/h6-8,10,12-13,15H,14H2,1-5H3,(H,31,33). The van der Waals surface area contributed by atoms with Crippen LogP contribution in [0.4, 0.5) is 0 Å². The van der Waals surface area contributed by atoms with E-state index in [0.29, 0.717) is 17.7 Å². The molecule has 3 heterocycles. The van der Waals surface area contributed by atoms with Crippen LogP contribution in [0.1, 0.15) is 58.6 Å². The molecule has 5 aromatic rings. The van der Waals surface area contributed by atoms with Gasteiger partial charge in [-0.15, -0.1) is 0 Å². The highest BCUT2D eigenvalue weighted by atomic mass is 16.5. The van der Waals surface area contributed by atoms with Crippen molar-refractivity contribution in [2.45, 2.75) is 46.5 Å². The number of hydrogen-bond acceptors (Lipinski definition) is 5. The van der Waals surface area contributed by atoms with E-state index in [1.807, 2.05) is 38.1 Å². The first-order valence-corrected chi connectivity index (χ1v) is 11.5. The first kappa shape index (κ1) is 22.4. The van der Waals surface area contributed by atoms with E-state index >= 15 is 0 Å². The van der Waals surface area contributed by atoms with Gasteiger partial charge in [0.05, 0.1) is 34.5 Å². The Bertz CT molecular complexity index is 1700. The average molecular weight is 460 g/mol. The van der Waals surface area contributed by atoms with Crippen molar-refractivity contribution in [3.63, 3.8) is 0 Å². The summed E-state index contributed by atoms with van der Waals surface area (Å²) in [6.45, 7) is 10.1. The van der Waals surface area contributed by atoms with E-state index in [1.54, 1.807) is 6.20 Å². The van der Waals surface area contributed by atoms with E-state index in [0.717, 1.165) is 49.9 Å². The second kappa shape index (κ2) is 8.42. The third-order valence-corrected chi connectivity index (χ3v) is 6.78. The quantitative estimate of drug-likeness (QED) is 0.344. The maximum atomic E-state index is 9.53. The molecular weight excluding hydrogens is 434 g/mol. The van der Waals surface area contributed by atoms with Crippen molar-refractivity contribution >= 4 is 22.0 Å². The van der Waals surface area contributed by atoms with Crippen molar-refractivity contribution < 1.29 is 4.52 Å². The number of nitriles is 1. The van der Waals surface area contributed by atoms with Gasteiger partial charge in [-0.3, -0.25) is 5.10 Å². The molecule has 6 nitrogen and oxygen atoms in total. The molecule has 0 aliphatic carbocycles. The Kier molecular flexibility index (Phi) is 5.38. The van der Waals surface area contributed by atoms with Crippen LogP contribution in [0.5, 0.6) is 0 Å². The van der Waals surface area contributed by atoms with Crippen molar-refractivity contribution in [3.8, 4) is 17.9 Å². The predicted octanol–water partition coefficient (Wildman–Crippen LogP) is 5.82. The van der Waals surface area contributed by atoms with Gasteiger partial charge >= 0.3 is 0 Å². The second-order valence-electron chi connectivity index (χ2n) is 9.45. The molecule has 1 N–H and O–H groups in total. The van der Waals surface area contributed by atoms with Crippen LogP contribution < -0.4 is 0 Å². The minimum Gasteiger partial charge on any atom is -0.355 e. The third-order valence-electron chi connectivity index (χ3n) is 6.78. The summed E-state index contributed by atoms with van der Waals surface area (Å²) in [6.07, 6.45) is 2.30. The summed E-state index contributed by atoms with van der Waals surface area (Å²) in [5.74, 6) is 6.49. The molecule has 0 radical (unpaired) electrons. The first-order chi connectivity index (χ1) is 16.8. The van der Waals surface area contributed by atoms with Crippen LogP contribution >= 0.6 is 0 Å². The lowest BCUT2D eigenvalue weighted by atomic mass is 9.85. The van der Waals surface area contributed by atoms with Crippen LogP contribution in [-0.2, 0) is 11.8 Å². The number of aromatic amines is 1. The molecule has 0 bridgehead atoms. The average Bonchev–Trinajstić information content (AvgIpc) is 3.49. The first-order valence-electron chi connectivity index (χ1n) is 11.5. The molecule has 0 aliphatic rings. The van der Waals surface area contributed by atoms with Gasteiger partial charge in [0.15, 0.2) is 5.58 Å². The summed E-state index contributed by atoms with van der Waals surface area (Å²) in [5, 5.41) is 21.9. The van der Waals surface area contributed by atoms with Crippen molar-refractivity contribution in [2.24, 2.45) is 0 Å². The lowest BCUT2D eigenvalue weighted by molar-refractivity contribution is 0.447. The van der Waals surface area contributed by atoms with E-state index < -0.39 is 5.41 Å². The fraction of sp³-hybridized carbons (Fsp3) is 0.241. The molecule has 0 unspecified atom stereocenters. The Morgan fingerprint density at radius 3 is 2.66 bits per heavy atom. The fourth-order valence-electron chi connectivity index (χ4n) is 4.33. The number of nitrogens with one attached hydrogen (secondary N) is 1. The molecule has 0 saturated carbocycles. The Morgan fingerprint density at radius 2 is 1.86 bits per heavy atom. The van der Waals surface area contributed by atoms with E-state index in [1.165, 1.54) is 5.56 Å². The van der Waals surface area contributed by atoms with Crippen molar-refractivity contribution in [3.05, 3.63) is 87.4 Å². The number of hydrogen-bond donors (Lipinski definition) is 1. The minimum absolute atomic E-state index is 0.554. The monoisotopic (exact) mass is 459 g/mol. The molecule has 2 aromatic carbocycles. The zero-order valence-electron chi connectivity index (χ0n) is 20.4. The second-order valence-corrected chi connectivity index (χ2v) is 9.45. The van der Waals surface area contributed by atoms with E-state index in [-0.39, 0.29) is 0 Å². The van der Waals surface area contributed by atoms with Crippen molar-refractivity contribution in [1.29, 1.82) is 5.26 Å². The molecule has 5 rings (SSSR count). The van der Waals surface area contributed by atoms with E-state index in [9.17, 15) is 5.26 Å². The van der Waals surface area contributed by atoms with Gasteiger partial charge in [-0.05, 0) is 80.5 Å². The van der Waals surface area contributed by atoms with Gasteiger partial charge in [-0.25, -0.2) is 4.98 Å². The van der Waals surface area contributed by atoms with Crippen LogP contribution in [0, 0.1) is 43.9 Å². The van der Waals surface area contributed by atoms with Crippen molar-refractivity contribution in [2.75, 3.05) is 0 Å². The molecule has 0 aliphatic heterocycles. The molecule has 3 aromatic heterocycles. The summed E-state index contributed by atoms with van der Waals surface area (Å²) < 4.78 is 5.89. The third kappa shape index (κ3) is 3.94. The molecule has 0 fully saturated rings. The maximum Gasteiger partial charge on any atom is 0.183 e. The van der Waals surface area contributed by atoms with Crippen molar-refractivity contribution in [1.82, 2.24) is 20.3 Å². The van der Waals surface area contributed by atoms with Gasteiger partial charge in [0.1, 0.15) is 11.2 Å². The highest BCUT2D eigenvalue weighted by molar-refractivity contribution is 5.91. The van der Waals surface area contributed by atoms with E-state index in [2.05, 4.69) is 71.2 Å². The normalized spacial score (nSPS) is 11.4. The van der Waals surface area contributed by atoms with Gasteiger partial charge in [0.25, 0.3) is 0 Å². The summed E-state index contributed by atoms with van der Waals surface area (Å²) in [5.41, 5.74) is 9.64. The number of H-pyrrole nitrogens is 1. The number of aromatic nitrogens is 4. The zero-order valence-corrected chi connectivity index (χ0v) is 20.4. The topological polar surface area (TPSA) is 91.4 Å². The highest BCUT2D eigenvalue weighted by Gasteiger charge is 2.22. The number of fused-ring (bicyclic) bond motifs is 2. The summed E-state index contributed by atoms with van der Waals surface area (Å²) in [7, 11) is 0. The predicted molar refractivity (Wildman–Crippen MR) is 136 cm³/mol. The Balaban J connectivity index is 1.58.